The second-order valence-corrected chi connectivity index (χ2v) is 4.21. The first-order valence-electron chi connectivity index (χ1n) is 4.14. The third kappa shape index (κ3) is 2.78. The average Bonchev–Trinajstić information content (AvgIpc) is 2.65. The maximum absolute atomic E-state index is 10.4. The summed E-state index contributed by atoms with van der Waals surface area (Å²) in [5.74, 6) is 0.295. The summed E-state index contributed by atoms with van der Waals surface area (Å²) >= 11 is 6.68. The summed E-state index contributed by atoms with van der Waals surface area (Å²) in [6.45, 7) is 0. The van der Waals surface area contributed by atoms with Gasteiger partial charge in [-0.15, -0.1) is 22.9 Å². The predicted octanol–water partition coefficient (Wildman–Crippen LogP) is 1.58. The van der Waals surface area contributed by atoms with Crippen molar-refractivity contribution < 1.29 is 15.0 Å². The van der Waals surface area contributed by atoms with Gasteiger partial charge < -0.3 is 10.2 Å². The molecule has 1 aromatic rings. The van der Waals surface area contributed by atoms with Crippen molar-refractivity contribution >= 4 is 29.2 Å². The summed E-state index contributed by atoms with van der Waals surface area (Å²) in [5, 5.41) is 20.7. The molecule has 3 nitrogen and oxygen atoms in total. The highest BCUT2D eigenvalue weighted by Crippen LogP contribution is 2.23. The van der Waals surface area contributed by atoms with Crippen molar-refractivity contribution in [2.24, 2.45) is 0 Å². The van der Waals surface area contributed by atoms with Crippen LogP contribution in [0.1, 0.15) is 27.8 Å². The smallest absolute Gasteiger partial charge is 0.160 e. The number of carbonyl (C=O) groups is 1. The topological polar surface area (TPSA) is 57.5 Å². The van der Waals surface area contributed by atoms with Crippen LogP contribution in [0.3, 0.4) is 0 Å². The van der Waals surface area contributed by atoms with E-state index in [1.807, 2.05) is 0 Å². The van der Waals surface area contributed by atoms with E-state index in [0.717, 1.165) is 6.29 Å². The van der Waals surface area contributed by atoms with Gasteiger partial charge in [0.25, 0.3) is 0 Å². The van der Waals surface area contributed by atoms with Crippen LogP contribution in [0.4, 0.5) is 0 Å². The maximum Gasteiger partial charge on any atom is 0.160 e. The van der Waals surface area contributed by atoms with Gasteiger partial charge in [-0.25, -0.2) is 0 Å². The average molecular weight is 235 g/mol. The van der Waals surface area contributed by atoms with Gasteiger partial charge in [0, 0.05) is 5.88 Å². The molecular weight excluding hydrogens is 224 g/mol. The summed E-state index contributed by atoms with van der Waals surface area (Å²) in [4.78, 5) is 10.9. The second-order valence-electron chi connectivity index (χ2n) is 2.89. The van der Waals surface area contributed by atoms with Crippen molar-refractivity contribution in [2.75, 3.05) is 5.88 Å². The number of hydrogen-bond donors (Lipinski definition) is 2. The lowest BCUT2D eigenvalue weighted by Crippen LogP contribution is -2.18. The Morgan fingerprint density at radius 1 is 1.57 bits per heavy atom. The van der Waals surface area contributed by atoms with Crippen LogP contribution in [0, 0.1) is 0 Å². The van der Waals surface area contributed by atoms with Crippen LogP contribution in [-0.2, 0) is 0 Å². The number of halogens is 1. The summed E-state index contributed by atoms with van der Waals surface area (Å²) in [7, 11) is 0. The molecule has 1 aromatic heterocycles. The molecule has 0 amide bonds. The summed E-state index contributed by atoms with van der Waals surface area (Å²) in [6.07, 6.45) is -0.788. The quantitative estimate of drug-likeness (QED) is 0.601. The molecule has 1 rings (SSSR count). The van der Waals surface area contributed by atoms with Gasteiger partial charge in [0.15, 0.2) is 6.29 Å². The number of thiophene rings is 1. The third-order valence-corrected chi connectivity index (χ3v) is 2.96. The highest BCUT2D eigenvalue weighted by atomic mass is 35.5. The standard InChI is InChI=1S/C9H11ClO3S/c10-2-1-8(12)9(13)6-3-7(4-11)14-5-6/h3-5,8-9,12-13H,1-2H2. The fourth-order valence-electron chi connectivity index (χ4n) is 1.08. The van der Waals surface area contributed by atoms with Crippen molar-refractivity contribution in [1.82, 2.24) is 0 Å². The van der Waals surface area contributed by atoms with Crippen LogP contribution in [0.2, 0.25) is 0 Å². The number of alkyl halides is 1. The molecule has 5 heteroatoms. The number of aliphatic hydroxyl groups is 2. The van der Waals surface area contributed by atoms with E-state index in [2.05, 4.69) is 0 Å². The highest BCUT2D eigenvalue weighted by Gasteiger charge is 2.18. The zero-order valence-electron chi connectivity index (χ0n) is 7.39. The van der Waals surface area contributed by atoms with Crippen LogP contribution in [0.15, 0.2) is 11.4 Å². The molecular formula is C9H11ClO3S. The van der Waals surface area contributed by atoms with E-state index in [1.54, 1.807) is 11.4 Å². The first kappa shape index (κ1) is 11.7. The maximum atomic E-state index is 10.4. The van der Waals surface area contributed by atoms with E-state index < -0.39 is 12.2 Å². The Balaban J connectivity index is 2.67. The molecule has 14 heavy (non-hydrogen) atoms. The third-order valence-electron chi connectivity index (χ3n) is 1.87. The number of aldehydes is 1. The zero-order valence-corrected chi connectivity index (χ0v) is 8.96. The van der Waals surface area contributed by atoms with Crippen molar-refractivity contribution in [3.8, 4) is 0 Å². The van der Waals surface area contributed by atoms with Crippen LogP contribution in [0.25, 0.3) is 0 Å². The molecule has 0 saturated carbocycles. The van der Waals surface area contributed by atoms with Gasteiger partial charge >= 0.3 is 0 Å². The molecule has 2 atom stereocenters. The predicted molar refractivity (Wildman–Crippen MR) is 56.0 cm³/mol. The fourth-order valence-corrected chi connectivity index (χ4v) is 2.04. The van der Waals surface area contributed by atoms with Crippen molar-refractivity contribution in [1.29, 1.82) is 0 Å². The van der Waals surface area contributed by atoms with Crippen molar-refractivity contribution in [3.63, 3.8) is 0 Å². The molecule has 0 aliphatic rings. The number of rotatable bonds is 5. The molecule has 0 spiro atoms. The van der Waals surface area contributed by atoms with Crippen LogP contribution >= 0.6 is 22.9 Å². The van der Waals surface area contributed by atoms with Crippen LogP contribution in [-0.4, -0.2) is 28.5 Å². The van der Waals surface area contributed by atoms with E-state index in [-0.39, 0.29) is 0 Å². The number of carbonyl (C=O) groups excluding carboxylic acids is 1. The van der Waals surface area contributed by atoms with E-state index in [1.165, 1.54) is 11.3 Å². The molecule has 0 aliphatic heterocycles. The molecule has 1 heterocycles. The van der Waals surface area contributed by atoms with Gasteiger partial charge in [-0.05, 0) is 23.4 Å². The molecule has 0 radical (unpaired) electrons. The van der Waals surface area contributed by atoms with Crippen LogP contribution < -0.4 is 0 Å². The summed E-state index contributed by atoms with van der Waals surface area (Å²) < 4.78 is 0. The minimum absolute atomic E-state index is 0.295. The number of hydrogen-bond acceptors (Lipinski definition) is 4. The van der Waals surface area contributed by atoms with E-state index in [4.69, 9.17) is 11.6 Å². The van der Waals surface area contributed by atoms with Gasteiger partial charge in [-0.3, -0.25) is 4.79 Å². The molecule has 0 fully saturated rings. The summed E-state index contributed by atoms with van der Waals surface area (Å²) in [5.41, 5.74) is 0.565. The molecule has 2 N–H and O–H groups in total. The van der Waals surface area contributed by atoms with Crippen molar-refractivity contribution in [2.45, 2.75) is 18.6 Å². The molecule has 2 unspecified atom stereocenters. The Morgan fingerprint density at radius 3 is 2.79 bits per heavy atom. The lowest BCUT2D eigenvalue weighted by molar-refractivity contribution is 0.0172. The molecule has 0 aromatic carbocycles. The van der Waals surface area contributed by atoms with E-state index in [9.17, 15) is 15.0 Å². The molecule has 78 valence electrons. The second kappa shape index (κ2) is 5.46. The molecule has 0 aliphatic carbocycles. The fraction of sp³-hybridized carbons (Fsp3) is 0.444. The van der Waals surface area contributed by atoms with Crippen molar-refractivity contribution in [3.05, 3.63) is 21.9 Å². The number of aliphatic hydroxyl groups excluding tert-OH is 2. The Kier molecular flexibility index (Phi) is 4.54. The SMILES string of the molecule is O=Cc1cc(C(O)C(O)CCCl)cs1. The lowest BCUT2D eigenvalue weighted by Gasteiger charge is -2.15. The summed E-state index contributed by atoms with van der Waals surface area (Å²) in [6, 6.07) is 1.57. The Hall–Kier alpha value is -0.420. The monoisotopic (exact) mass is 234 g/mol. The normalized spacial score (nSPS) is 15.1. The first-order chi connectivity index (χ1) is 6.69. The first-order valence-corrected chi connectivity index (χ1v) is 5.56. The Bertz CT molecular complexity index is 300. The van der Waals surface area contributed by atoms with Gasteiger partial charge in [-0.1, -0.05) is 0 Å². The van der Waals surface area contributed by atoms with Crippen LogP contribution in [0.5, 0.6) is 0 Å². The minimum atomic E-state index is -0.960. The molecule has 0 bridgehead atoms. The Morgan fingerprint density at radius 2 is 2.29 bits per heavy atom. The largest absolute Gasteiger partial charge is 0.390 e. The van der Waals surface area contributed by atoms with E-state index in [0.29, 0.717) is 22.7 Å². The zero-order chi connectivity index (χ0) is 10.6. The van der Waals surface area contributed by atoms with E-state index >= 15 is 0 Å². The Labute approximate surface area is 90.9 Å². The molecule has 0 saturated heterocycles. The van der Waals surface area contributed by atoms with Gasteiger partial charge in [0.2, 0.25) is 0 Å². The minimum Gasteiger partial charge on any atom is -0.390 e. The van der Waals surface area contributed by atoms with Gasteiger partial charge in [-0.2, -0.15) is 0 Å². The highest BCUT2D eigenvalue weighted by molar-refractivity contribution is 7.11. The lowest BCUT2D eigenvalue weighted by atomic mass is 10.1. The van der Waals surface area contributed by atoms with Gasteiger partial charge in [0.1, 0.15) is 6.10 Å². The van der Waals surface area contributed by atoms with Gasteiger partial charge in [0.05, 0.1) is 11.0 Å².